The van der Waals surface area contributed by atoms with Crippen molar-refractivity contribution in [2.45, 2.75) is 13.1 Å². The molecule has 6 nitrogen and oxygen atoms in total. The van der Waals surface area contributed by atoms with Gasteiger partial charge in [0.15, 0.2) is 5.82 Å². The highest BCUT2D eigenvalue weighted by Crippen LogP contribution is 2.16. The molecular formula is C18H14ClFN4O2. The summed E-state index contributed by atoms with van der Waals surface area (Å²) in [6.45, 7) is 0.936. The molecule has 0 radical (unpaired) electrons. The van der Waals surface area contributed by atoms with Crippen molar-refractivity contribution in [3.63, 3.8) is 0 Å². The van der Waals surface area contributed by atoms with Gasteiger partial charge in [0, 0.05) is 23.7 Å². The van der Waals surface area contributed by atoms with Crippen molar-refractivity contribution in [1.29, 1.82) is 0 Å². The molecule has 1 amide bonds. The van der Waals surface area contributed by atoms with Crippen LogP contribution in [0.1, 0.15) is 16.2 Å². The fraction of sp³-hybridized carbons (Fsp3) is 0.167. The Kier molecular flexibility index (Phi) is 4.08. The van der Waals surface area contributed by atoms with Gasteiger partial charge < -0.3 is 4.90 Å². The molecule has 0 unspecified atom stereocenters. The standard InChI is InChI=1S/C18H14ClFN4O2/c19-13-2-1-3-15(10-13)24-18(26)23-9-8-22(11-16(23)21-24)17(25)12-4-6-14(20)7-5-12/h1-7,10H,8-9,11H2. The van der Waals surface area contributed by atoms with Gasteiger partial charge in [-0.05, 0) is 42.5 Å². The van der Waals surface area contributed by atoms with E-state index >= 15 is 0 Å². The van der Waals surface area contributed by atoms with E-state index in [0.29, 0.717) is 35.2 Å². The zero-order valence-corrected chi connectivity index (χ0v) is 14.4. The second kappa shape index (κ2) is 6.42. The van der Waals surface area contributed by atoms with Gasteiger partial charge in [-0.3, -0.25) is 9.36 Å². The van der Waals surface area contributed by atoms with Crippen molar-refractivity contribution in [3.05, 3.63) is 81.2 Å². The van der Waals surface area contributed by atoms with E-state index in [4.69, 9.17) is 11.6 Å². The maximum absolute atomic E-state index is 13.0. The summed E-state index contributed by atoms with van der Waals surface area (Å²) in [7, 11) is 0. The fourth-order valence-corrected chi connectivity index (χ4v) is 3.16. The second-order valence-corrected chi connectivity index (χ2v) is 6.41. The van der Waals surface area contributed by atoms with Crippen LogP contribution in [0.3, 0.4) is 0 Å². The van der Waals surface area contributed by atoms with E-state index in [9.17, 15) is 14.0 Å². The topological polar surface area (TPSA) is 60.1 Å². The van der Waals surface area contributed by atoms with Crippen LogP contribution in [0.4, 0.5) is 4.39 Å². The highest BCUT2D eigenvalue weighted by molar-refractivity contribution is 6.30. The number of fused-ring (bicyclic) bond motifs is 1. The smallest absolute Gasteiger partial charge is 0.329 e. The monoisotopic (exact) mass is 372 g/mol. The fourth-order valence-electron chi connectivity index (χ4n) is 2.97. The van der Waals surface area contributed by atoms with E-state index in [2.05, 4.69) is 5.10 Å². The quantitative estimate of drug-likeness (QED) is 0.694. The third kappa shape index (κ3) is 2.90. The first-order chi connectivity index (χ1) is 12.5. The first-order valence-corrected chi connectivity index (χ1v) is 8.40. The first kappa shape index (κ1) is 16.5. The Morgan fingerprint density at radius 3 is 2.62 bits per heavy atom. The average molecular weight is 373 g/mol. The minimum Gasteiger partial charge on any atom is -0.329 e. The first-order valence-electron chi connectivity index (χ1n) is 8.02. The molecule has 0 saturated heterocycles. The van der Waals surface area contributed by atoms with Crippen LogP contribution < -0.4 is 5.69 Å². The molecule has 132 valence electrons. The number of carbonyl (C=O) groups excluding carboxylic acids is 1. The van der Waals surface area contributed by atoms with Crippen LogP contribution >= 0.6 is 11.6 Å². The lowest BCUT2D eigenvalue weighted by Gasteiger charge is -2.26. The number of hydrogen-bond donors (Lipinski definition) is 0. The summed E-state index contributed by atoms with van der Waals surface area (Å²) < 4.78 is 15.9. The van der Waals surface area contributed by atoms with Crippen LogP contribution in [0.15, 0.2) is 53.3 Å². The number of hydrogen-bond acceptors (Lipinski definition) is 3. The van der Waals surface area contributed by atoms with Gasteiger partial charge in [0.1, 0.15) is 5.82 Å². The lowest BCUT2D eigenvalue weighted by atomic mass is 10.2. The molecule has 2 aromatic carbocycles. The third-order valence-corrected chi connectivity index (χ3v) is 4.53. The molecule has 0 atom stereocenters. The Hall–Kier alpha value is -2.93. The highest BCUT2D eigenvalue weighted by atomic mass is 35.5. The summed E-state index contributed by atoms with van der Waals surface area (Å²) in [4.78, 5) is 26.8. The van der Waals surface area contributed by atoms with Crippen molar-refractivity contribution in [3.8, 4) is 5.69 Å². The second-order valence-electron chi connectivity index (χ2n) is 5.98. The molecule has 0 saturated carbocycles. The van der Waals surface area contributed by atoms with E-state index in [1.165, 1.54) is 28.9 Å². The number of rotatable bonds is 2. The predicted molar refractivity (Wildman–Crippen MR) is 94.0 cm³/mol. The summed E-state index contributed by atoms with van der Waals surface area (Å²) in [5.74, 6) is -0.119. The lowest BCUT2D eigenvalue weighted by molar-refractivity contribution is 0.0706. The van der Waals surface area contributed by atoms with Crippen LogP contribution in [-0.2, 0) is 13.1 Å². The van der Waals surface area contributed by atoms with Crippen LogP contribution in [0.25, 0.3) is 5.69 Å². The minimum absolute atomic E-state index is 0.207. The normalized spacial score (nSPS) is 13.5. The molecule has 0 fully saturated rings. The highest BCUT2D eigenvalue weighted by Gasteiger charge is 2.26. The molecule has 3 aromatic rings. The molecule has 0 spiro atoms. The van der Waals surface area contributed by atoms with Gasteiger partial charge in [0.2, 0.25) is 0 Å². The third-order valence-electron chi connectivity index (χ3n) is 4.30. The van der Waals surface area contributed by atoms with Crippen LogP contribution in [0.2, 0.25) is 5.02 Å². The van der Waals surface area contributed by atoms with E-state index in [1.807, 2.05) is 0 Å². The van der Waals surface area contributed by atoms with Gasteiger partial charge in [0.05, 0.1) is 12.2 Å². The Morgan fingerprint density at radius 1 is 1.12 bits per heavy atom. The molecule has 26 heavy (non-hydrogen) atoms. The van der Waals surface area contributed by atoms with Gasteiger partial charge in [0.25, 0.3) is 5.91 Å². The molecule has 0 aliphatic carbocycles. The summed E-state index contributed by atoms with van der Waals surface area (Å²) in [6.07, 6.45) is 0. The zero-order chi connectivity index (χ0) is 18.3. The van der Waals surface area contributed by atoms with E-state index in [-0.39, 0.29) is 18.1 Å². The molecule has 0 N–H and O–H groups in total. The molecule has 1 aromatic heterocycles. The van der Waals surface area contributed by atoms with Gasteiger partial charge in [-0.2, -0.15) is 4.68 Å². The molecule has 4 rings (SSSR count). The van der Waals surface area contributed by atoms with Gasteiger partial charge in [-0.15, -0.1) is 5.10 Å². The molecular weight excluding hydrogens is 359 g/mol. The summed E-state index contributed by atoms with van der Waals surface area (Å²) in [5, 5.41) is 4.86. The lowest BCUT2D eigenvalue weighted by Crippen LogP contribution is -2.40. The Morgan fingerprint density at radius 2 is 1.88 bits per heavy atom. The number of aromatic nitrogens is 3. The minimum atomic E-state index is -0.394. The van der Waals surface area contributed by atoms with Crippen LogP contribution in [0, 0.1) is 5.82 Å². The zero-order valence-electron chi connectivity index (χ0n) is 13.6. The number of nitrogens with zero attached hydrogens (tertiary/aromatic N) is 4. The summed E-state index contributed by atoms with van der Waals surface area (Å²) >= 11 is 5.99. The summed E-state index contributed by atoms with van der Waals surface area (Å²) in [6, 6.07) is 12.3. The van der Waals surface area contributed by atoms with Crippen molar-refractivity contribution in [1.82, 2.24) is 19.2 Å². The summed E-state index contributed by atoms with van der Waals surface area (Å²) in [5.41, 5.74) is 0.702. The maximum Gasteiger partial charge on any atom is 0.350 e. The molecule has 1 aliphatic rings. The van der Waals surface area contributed by atoms with E-state index < -0.39 is 5.82 Å². The molecule has 2 heterocycles. The van der Waals surface area contributed by atoms with Gasteiger partial charge in [-0.1, -0.05) is 17.7 Å². The van der Waals surface area contributed by atoms with E-state index in [0.717, 1.165) is 0 Å². The number of amides is 1. The average Bonchev–Trinajstić information content (AvgIpc) is 2.98. The molecule has 1 aliphatic heterocycles. The Balaban J connectivity index is 1.63. The maximum atomic E-state index is 13.0. The Labute approximate surface area is 153 Å². The van der Waals surface area contributed by atoms with Crippen molar-refractivity contribution in [2.75, 3.05) is 6.54 Å². The predicted octanol–water partition coefficient (Wildman–Crippen LogP) is 2.48. The van der Waals surface area contributed by atoms with Gasteiger partial charge >= 0.3 is 5.69 Å². The van der Waals surface area contributed by atoms with E-state index in [1.54, 1.807) is 33.7 Å². The van der Waals surface area contributed by atoms with Crippen LogP contribution in [-0.4, -0.2) is 31.7 Å². The Bertz CT molecular complexity index is 1040. The number of carbonyl (C=O) groups is 1. The molecule has 0 bridgehead atoms. The van der Waals surface area contributed by atoms with Crippen molar-refractivity contribution < 1.29 is 9.18 Å². The van der Waals surface area contributed by atoms with Crippen LogP contribution in [0.5, 0.6) is 0 Å². The number of halogens is 2. The van der Waals surface area contributed by atoms with Crippen molar-refractivity contribution in [2.24, 2.45) is 0 Å². The largest absolute Gasteiger partial charge is 0.350 e. The number of benzene rings is 2. The van der Waals surface area contributed by atoms with Crippen molar-refractivity contribution >= 4 is 17.5 Å². The molecule has 8 heteroatoms. The van der Waals surface area contributed by atoms with Gasteiger partial charge in [-0.25, -0.2) is 9.18 Å². The SMILES string of the molecule is O=C(c1ccc(F)cc1)N1CCn2c(nn(-c3cccc(Cl)c3)c2=O)C1.